The number of aryl methyl sites for hydroxylation is 2. The monoisotopic (exact) mass is 478 g/mol. The van der Waals surface area contributed by atoms with Crippen LogP contribution in [0.25, 0.3) is 10.1 Å². The molecule has 7 heteroatoms. The Kier molecular flexibility index (Phi) is 6.54. The van der Waals surface area contributed by atoms with Gasteiger partial charge in [-0.05, 0) is 73.7 Å². The number of nitrogens with one attached hydrogen (secondary N) is 1. The van der Waals surface area contributed by atoms with Crippen molar-refractivity contribution in [2.75, 3.05) is 16.2 Å². The molecule has 0 aliphatic carbocycles. The summed E-state index contributed by atoms with van der Waals surface area (Å²) in [6.07, 6.45) is 0.828. The number of fused-ring (bicyclic) bond motifs is 1. The Balaban J connectivity index is 1.64. The van der Waals surface area contributed by atoms with Crippen molar-refractivity contribution in [1.82, 2.24) is 0 Å². The van der Waals surface area contributed by atoms with Crippen molar-refractivity contribution in [3.63, 3.8) is 0 Å². The average molecular weight is 479 g/mol. The van der Waals surface area contributed by atoms with E-state index in [0.29, 0.717) is 17.1 Å². The molecule has 0 spiro atoms. The maximum atomic E-state index is 13.3. The van der Waals surface area contributed by atoms with Crippen LogP contribution in [0.1, 0.15) is 34.6 Å². The lowest BCUT2D eigenvalue weighted by atomic mass is 10.1. The lowest BCUT2D eigenvalue weighted by molar-refractivity contribution is 0.103. The van der Waals surface area contributed by atoms with Crippen molar-refractivity contribution in [2.24, 2.45) is 0 Å². The number of para-hydroxylation sites is 1. The number of carbonyl (C=O) groups is 1. The SMILES string of the molecule is CCc1ccccc1NC(=O)c1cc2cc(N(CC)S(=O)(=O)c3ccc(C)cc3)ccc2s1. The van der Waals surface area contributed by atoms with Gasteiger partial charge in [0.25, 0.3) is 15.9 Å². The topological polar surface area (TPSA) is 66.5 Å². The minimum absolute atomic E-state index is 0.168. The molecule has 0 fully saturated rings. The van der Waals surface area contributed by atoms with Gasteiger partial charge in [0.15, 0.2) is 0 Å². The molecule has 0 aliphatic rings. The largest absolute Gasteiger partial charge is 0.321 e. The quantitative estimate of drug-likeness (QED) is 0.342. The summed E-state index contributed by atoms with van der Waals surface area (Å²) in [7, 11) is -3.69. The van der Waals surface area contributed by atoms with Crippen LogP contribution in [-0.4, -0.2) is 20.9 Å². The zero-order valence-electron chi connectivity index (χ0n) is 18.8. The summed E-state index contributed by atoms with van der Waals surface area (Å²) >= 11 is 1.39. The van der Waals surface area contributed by atoms with E-state index in [2.05, 4.69) is 12.2 Å². The zero-order valence-corrected chi connectivity index (χ0v) is 20.5. The van der Waals surface area contributed by atoms with Crippen molar-refractivity contribution >= 4 is 48.7 Å². The fourth-order valence-electron chi connectivity index (χ4n) is 3.76. The molecule has 0 saturated heterocycles. The number of nitrogens with zero attached hydrogens (tertiary/aromatic N) is 1. The Bertz CT molecular complexity index is 1410. The molecule has 4 rings (SSSR count). The van der Waals surface area contributed by atoms with Crippen LogP contribution < -0.4 is 9.62 Å². The molecule has 1 heterocycles. The minimum Gasteiger partial charge on any atom is -0.321 e. The molecule has 0 radical (unpaired) electrons. The van der Waals surface area contributed by atoms with Gasteiger partial charge in [0.2, 0.25) is 0 Å². The summed E-state index contributed by atoms with van der Waals surface area (Å²) in [4.78, 5) is 13.7. The number of anilines is 2. The molecule has 1 aromatic heterocycles. The first-order valence-corrected chi connectivity index (χ1v) is 13.1. The molecule has 1 amide bonds. The molecule has 3 aromatic carbocycles. The van der Waals surface area contributed by atoms with Crippen molar-refractivity contribution in [3.8, 4) is 0 Å². The number of hydrogen-bond acceptors (Lipinski definition) is 4. The van der Waals surface area contributed by atoms with Gasteiger partial charge < -0.3 is 5.32 Å². The third kappa shape index (κ3) is 4.65. The average Bonchev–Trinajstić information content (AvgIpc) is 3.24. The molecule has 4 aromatic rings. The van der Waals surface area contributed by atoms with E-state index in [0.717, 1.165) is 33.3 Å². The number of carbonyl (C=O) groups excluding carboxylic acids is 1. The number of rotatable bonds is 7. The normalized spacial score (nSPS) is 11.5. The first-order chi connectivity index (χ1) is 15.8. The summed E-state index contributed by atoms with van der Waals surface area (Å²) in [5, 5.41) is 3.84. The third-order valence-electron chi connectivity index (χ3n) is 5.55. The van der Waals surface area contributed by atoms with Gasteiger partial charge in [-0.1, -0.05) is 42.8 Å². The standard InChI is InChI=1S/C26H26N2O3S2/c1-4-19-8-6-7-9-23(19)27-26(29)25-17-20-16-21(12-15-24(20)32-25)28(5-2)33(30,31)22-13-10-18(3)11-14-22/h6-17H,4-5H2,1-3H3,(H,27,29). The van der Waals surface area contributed by atoms with Gasteiger partial charge in [-0.25, -0.2) is 8.42 Å². The van der Waals surface area contributed by atoms with Gasteiger partial charge in [-0.15, -0.1) is 11.3 Å². The number of hydrogen-bond donors (Lipinski definition) is 1. The summed E-state index contributed by atoms with van der Waals surface area (Å²) in [6.45, 7) is 6.09. The second kappa shape index (κ2) is 9.37. The molecule has 170 valence electrons. The van der Waals surface area contributed by atoms with Crippen molar-refractivity contribution < 1.29 is 13.2 Å². The molecule has 5 nitrogen and oxygen atoms in total. The minimum atomic E-state index is -3.69. The van der Waals surface area contributed by atoms with Crippen LogP contribution in [-0.2, 0) is 16.4 Å². The van der Waals surface area contributed by atoms with Crippen molar-refractivity contribution in [2.45, 2.75) is 32.1 Å². The molecule has 0 atom stereocenters. The number of sulfonamides is 1. The van der Waals surface area contributed by atoms with Gasteiger partial charge in [-0.3, -0.25) is 9.10 Å². The lowest BCUT2D eigenvalue weighted by Crippen LogP contribution is -2.30. The molecule has 0 bridgehead atoms. The van der Waals surface area contributed by atoms with E-state index in [-0.39, 0.29) is 10.8 Å². The van der Waals surface area contributed by atoms with E-state index in [1.807, 2.05) is 56.3 Å². The van der Waals surface area contributed by atoms with Crippen LogP contribution in [0.5, 0.6) is 0 Å². The highest BCUT2D eigenvalue weighted by Gasteiger charge is 2.24. The molecular weight excluding hydrogens is 452 g/mol. The van der Waals surface area contributed by atoms with E-state index < -0.39 is 10.0 Å². The van der Waals surface area contributed by atoms with E-state index in [4.69, 9.17) is 0 Å². The summed E-state index contributed by atoms with van der Waals surface area (Å²) < 4.78 is 28.8. The van der Waals surface area contributed by atoms with Crippen molar-refractivity contribution in [1.29, 1.82) is 0 Å². The van der Waals surface area contributed by atoms with Gasteiger partial charge in [-0.2, -0.15) is 0 Å². The van der Waals surface area contributed by atoms with Gasteiger partial charge in [0, 0.05) is 16.9 Å². The Hall–Kier alpha value is -3.16. The summed E-state index contributed by atoms with van der Waals surface area (Å²) in [5.41, 5.74) is 3.47. The predicted octanol–water partition coefficient (Wildman–Crippen LogP) is 6.24. The van der Waals surface area contributed by atoms with Gasteiger partial charge in [0.1, 0.15) is 0 Å². The first-order valence-electron chi connectivity index (χ1n) is 10.9. The first kappa shape index (κ1) is 23.0. The maximum Gasteiger partial charge on any atom is 0.265 e. The Morgan fingerprint density at radius 3 is 2.39 bits per heavy atom. The Labute approximate surface area is 198 Å². The van der Waals surface area contributed by atoms with Crippen LogP contribution in [0.2, 0.25) is 0 Å². The van der Waals surface area contributed by atoms with Gasteiger partial charge >= 0.3 is 0 Å². The predicted molar refractivity (Wildman–Crippen MR) is 137 cm³/mol. The Morgan fingerprint density at radius 1 is 0.970 bits per heavy atom. The summed E-state index contributed by atoms with van der Waals surface area (Å²) in [6, 6.07) is 21.9. The van der Waals surface area contributed by atoms with Gasteiger partial charge in [0.05, 0.1) is 15.5 Å². The number of benzene rings is 3. The third-order valence-corrected chi connectivity index (χ3v) is 8.59. The second-order valence-electron chi connectivity index (χ2n) is 7.78. The highest BCUT2D eigenvalue weighted by molar-refractivity contribution is 7.92. The number of thiophene rings is 1. The van der Waals surface area contributed by atoms with Crippen LogP contribution in [0, 0.1) is 6.92 Å². The number of amides is 1. The molecule has 0 aliphatic heterocycles. The molecule has 33 heavy (non-hydrogen) atoms. The smallest absolute Gasteiger partial charge is 0.265 e. The molecular formula is C26H26N2O3S2. The lowest BCUT2D eigenvalue weighted by Gasteiger charge is -2.23. The van der Waals surface area contributed by atoms with E-state index >= 15 is 0 Å². The highest BCUT2D eigenvalue weighted by Crippen LogP contribution is 2.32. The maximum absolute atomic E-state index is 13.3. The van der Waals surface area contributed by atoms with Crippen LogP contribution in [0.15, 0.2) is 77.7 Å². The molecule has 0 saturated carbocycles. The van der Waals surface area contributed by atoms with Crippen molar-refractivity contribution in [3.05, 3.63) is 88.8 Å². The second-order valence-corrected chi connectivity index (χ2v) is 10.7. The van der Waals surface area contributed by atoms with E-state index in [1.165, 1.54) is 15.6 Å². The fourth-order valence-corrected chi connectivity index (χ4v) is 6.16. The van der Waals surface area contributed by atoms with E-state index in [9.17, 15) is 13.2 Å². The Morgan fingerprint density at radius 2 is 1.70 bits per heavy atom. The molecule has 0 unspecified atom stereocenters. The fraction of sp³-hybridized carbons (Fsp3) is 0.192. The molecule has 1 N–H and O–H groups in total. The summed E-state index contributed by atoms with van der Waals surface area (Å²) in [5.74, 6) is -0.168. The van der Waals surface area contributed by atoms with Crippen LogP contribution >= 0.6 is 11.3 Å². The van der Waals surface area contributed by atoms with Crippen LogP contribution in [0.4, 0.5) is 11.4 Å². The van der Waals surface area contributed by atoms with Crippen LogP contribution in [0.3, 0.4) is 0 Å². The highest BCUT2D eigenvalue weighted by atomic mass is 32.2. The van der Waals surface area contributed by atoms with E-state index in [1.54, 1.807) is 30.3 Å². The zero-order chi connectivity index (χ0) is 23.6.